The molecular weight excluding hydrogens is 250 g/mol. The van der Waals surface area contributed by atoms with Gasteiger partial charge in [-0.1, -0.05) is 48.5 Å². The molecule has 0 unspecified atom stereocenters. The summed E-state index contributed by atoms with van der Waals surface area (Å²) in [6, 6.07) is 22.4. The van der Waals surface area contributed by atoms with Crippen LogP contribution in [0.4, 0.5) is 5.69 Å². The summed E-state index contributed by atoms with van der Waals surface area (Å²) >= 11 is 0. The van der Waals surface area contributed by atoms with Crippen LogP contribution in [0.5, 0.6) is 0 Å². The van der Waals surface area contributed by atoms with Crippen LogP contribution < -0.4 is 5.73 Å². The van der Waals surface area contributed by atoms with Crippen LogP contribution in [0.3, 0.4) is 0 Å². The average Bonchev–Trinajstić information content (AvgIpc) is 2.48. The van der Waals surface area contributed by atoms with Gasteiger partial charge in [0.15, 0.2) is 0 Å². The minimum atomic E-state index is -0.879. The largest absolute Gasteiger partial charge is 0.478 e. The number of anilines is 1. The highest BCUT2D eigenvalue weighted by atomic mass is 16.4. The highest BCUT2D eigenvalue weighted by molar-refractivity contribution is 5.87. The number of hydrogen-bond donors (Lipinski definition) is 2. The third-order valence-electron chi connectivity index (χ3n) is 2.79. The molecule has 3 nitrogen and oxygen atoms in total. The molecule has 0 aliphatic heterocycles. The molecule has 0 saturated carbocycles. The summed E-state index contributed by atoms with van der Waals surface area (Å²) < 4.78 is 0. The molecule has 3 rings (SSSR count). The maximum atomic E-state index is 10.2. The Morgan fingerprint density at radius 3 is 2.00 bits per heavy atom. The molecule has 0 aliphatic rings. The summed E-state index contributed by atoms with van der Waals surface area (Å²) in [5.41, 5.74) is 6.78. The molecule has 0 saturated heterocycles. The van der Waals surface area contributed by atoms with E-state index in [1.54, 1.807) is 30.3 Å². The Labute approximate surface area is 117 Å². The minimum absolute atomic E-state index is 0.331. The number of rotatable bonds is 1. The van der Waals surface area contributed by atoms with Crippen molar-refractivity contribution in [3.63, 3.8) is 0 Å². The van der Waals surface area contributed by atoms with Crippen molar-refractivity contribution in [1.29, 1.82) is 0 Å². The van der Waals surface area contributed by atoms with Crippen molar-refractivity contribution in [2.45, 2.75) is 0 Å². The number of benzene rings is 3. The topological polar surface area (TPSA) is 63.3 Å². The fourth-order valence-electron chi connectivity index (χ4n) is 1.79. The van der Waals surface area contributed by atoms with Gasteiger partial charge in [-0.2, -0.15) is 0 Å². The molecule has 3 aromatic carbocycles. The zero-order chi connectivity index (χ0) is 14.4. The van der Waals surface area contributed by atoms with Gasteiger partial charge in [0.1, 0.15) is 0 Å². The molecule has 0 amide bonds. The van der Waals surface area contributed by atoms with Crippen LogP contribution in [-0.4, -0.2) is 11.1 Å². The molecule has 0 spiro atoms. The number of aromatic carboxylic acids is 1. The summed E-state index contributed by atoms with van der Waals surface area (Å²) in [5.74, 6) is -0.879. The standard InChI is InChI=1S/C10H9N.C7H6O2/c11-10-6-5-8-3-1-2-4-9(8)7-10;8-7(9)6-4-2-1-3-5-6/h1-7H,11H2;1-5H,(H,8,9). The van der Waals surface area contributed by atoms with Gasteiger partial charge in [0.05, 0.1) is 5.56 Å². The van der Waals surface area contributed by atoms with Gasteiger partial charge in [0.2, 0.25) is 0 Å². The summed E-state index contributed by atoms with van der Waals surface area (Å²) in [6.45, 7) is 0. The number of fused-ring (bicyclic) bond motifs is 1. The molecule has 0 aromatic heterocycles. The monoisotopic (exact) mass is 265 g/mol. The SMILES string of the molecule is Nc1ccc2ccccc2c1.O=C(O)c1ccccc1. The van der Waals surface area contributed by atoms with E-state index in [0.717, 1.165) is 5.69 Å². The quantitative estimate of drug-likeness (QED) is 0.658. The second-order valence-electron chi connectivity index (χ2n) is 4.28. The summed E-state index contributed by atoms with van der Waals surface area (Å²) in [5, 5.41) is 10.8. The van der Waals surface area contributed by atoms with Gasteiger partial charge in [-0.15, -0.1) is 0 Å². The van der Waals surface area contributed by atoms with Crippen molar-refractivity contribution in [2.75, 3.05) is 5.73 Å². The normalized spacial score (nSPS) is 9.60. The Balaban J connectivity index is 0.000000151. The number of nitrogens with two attached hydrogens (primary N) is 1. The smallest absolute Gasteiger partial charge is 0.335 e. The third kappa shape index (κ3) is 3.59. The molecule has 100 valence electrons. The van der Waals surface area contributed by atoms with E-state index in [9.17, 15) is 4.79 Å². The van der Waals surface area contributed by atoms with Crippen molar-refractivity contribution < 1.29 is 9.90 Å². The first-order valence-electron chi connectivity index (χ1n) is 6.19. The highest BCUT2D eigenvalue weighted by Crippen LogP contribution is 2.15. The lowest BCUT2D eigenvalue weighted by Crippen LogP contribution is -1.93. The lowest BCUT2D eigenvalue weighted by atomic mass is 10.1. The fourth-order valence-corrected chi connectivity index (χ4v) is 1.79. The number of nitrogen functional groups attached to an aromatic ring is 1. The van der Waals surface area contributed by atoms with Gasteiger partial charge in [-0.05, 0) is 35.0 Å². The predicted octanol–water partition coefficient (Wildman–Crippen LogP) is 3.81. The van der Waals surface area contributed by atoms with Crippen LogP contribution in [0.15, 0.2) is 72.8 Å². The summed E-state index contributed by atoms with van der Waals surface area (Å²) in [7, 11) is 0. The molecule has 0 fully saturated rings. The molecule has 0 atom stereocenters. The van der Waals surface area contributed by atoms with Crippen LogP contribution >= 0.6 is 0 Å². The molecule has 3 N–H and O–H groups in total. The lowest BCUT2D eigenvalue weighted by Gasteiger charge is -1.96. The van der Waals surface area contributed by atoms with Crippen molar-refractivity contribution >= 4 is 22.4 Å². The molecule has 3 aromatic rings. The van der Waals surface area contributed by atoms with Gasteiger partial charge in [0.25, 0.3) is 0 Å². The lowest BCUT2D eigenvalue weighted by molar-refractivity contribution is 0.0697. The molecular formula is C17H15NO2. The van der Waals surface area contributed by atoms with E-state index in [4.69, 9.17) is 10.8 Å². The van der Waals surface area contributed by atoms with Crippen molar-refractivity contribution in [2.24, 2.45) is 0 Å². The molecule has 0 radical (unpaired) electrons. The number of hydrogen-bond acceptors (Lipinski definition) is 2. The van der Waals surface area contributed by atoms with E-state index in [-0.39, 0.29) is 0 Å². The van der Waals surface area contributed by atoms with E-state index in [0.29, 0.717) is 5.56 Å². The van der Waals surface area contributed by atoms with Gasteiger partial charge in [-0.3, -0.25) is 0 Å². The Morgan fingerprint density at radius 1 is 0.800 bits per heavy atom. The van der Waals surface area contributed by atoms with Crippen LogP contribution in [0.25, 0.3) is 10.8 Å². The second kappa shape index (κ2) is 6.38. The van der Waals surface area contributed by atoms with Crippen LogP contribution in [0.1, 0.15) is 10.4 Å². The van der Waals surface area contributed by atoms with Crippen LogP contribution in [-0.2, 0) is 0 Å². The summed E-state index contributed by atoms with van der Waals surface area (Å²) in [4.78, 5) is 10.2. The zero-order valence-electron chi connectivity index (χ0n) is 10.9. The van der Waals surface area contributed by atoms with Crippen molar-refractivity contribution in [3.05, 3.63) is 78.4 Å². The van der Waals surface area contributed by atoms with E-state index < -0.39 is 5.97 Å². The fraction of sp³-hybridized carbons (Fsp3) is 0. The molecule has 0 aliphatic carbocycles. The molecule has 0 bridgehead atoms. The Bertz CT molecular complexity index is 708. The first-order valence-corrected chi connectivity index (χ1v) is 6.19. The first kappa shape index (κ1) is 13.6. The number of carboxylic acids is 1. The summed E-state index contributed by atoms with van der Waals surface area (Å²) in [6.07, 6.45) is 0. The second-order valence-corrected chi connectivity index (χ2v) is 4.28. The Hall–Kier alpha value is -2.81. The van der Waals surface area contributed by atoms with Gasteiger partial charge < -0.3 is 10.8 Å². The number of carboxylic acid groups (broad SMARTS) is 1. The van der Waals surface area contributed by atoms with Gasteiger partial charge in [0, 0.05) is 5.69 Å². The van der Waals surface area contributed by atoms with Crippen LogP contribution in [0, 0.1) is 0 Å². The maximum Gasteiger partial charge on any atom is 0.335 e. The first-order chi connectivity index (χ1) is 9.66. The van der Waals surface area contributed by atoms with E-state index >= 15 is 0 Å². The van der Waals surface area contributed by atoms with Crippen LogP contribution in [0.2, 0.25) is 0 Å². The van der Waals surface area contributed by atoms with E-state index in [1.807, 2.05) is 30.3 Å². The predicted molar refractivity (Wildman–Crippen MR) is 81.8 cm³/mol. The molecule has 20 heavy (non-hydrogen) atoms. The Morgan fingerprint density at radius 2 is 1.40 bits per heavy atom. The molecule has 0 heterocycles. The highest BCUT2D eigenvalue weighted by Gasteiger charge is 1.96. The van der Waals surface area contributed by atoms with Gasteiger partial charge >= 0.3 is 5.97 Å². The van der Waals surface area contributed by atoms with E-state index in [2.05, 4.69) is 12.1 Å². The van der Waals surface area contributed by atoms with Crippen molar-refractivity contribution in [1.82, 2.24) is 0 Å². The van der Waals surface area contributed by atoms with E-state index in [1.165, 1.54) is 10.8 Å². The molecule has 3 heteroatoms. The minimum Gasteiger partial charge on any atom is -0.478 e. The average molecular weight is 265 g/mol. The van der Waals surface area contributed by atoms with Crippen molar-refractivity contribution in [3.8, 4) is 0 Å². The Kier molecular flexibility index (Phi) is 4.35. The van der Waals surface area contributed by atoms with Gasteiger partial charge in [-0.25, -0.2) is 4.79 Å². The zero-order valence-corrected chi connectivity index (χ0v) is 10.9. The number of carbonyl (C=O) groups is 1. The maximum absolute atomic E-state index is 10.2. The third-order valence-corrected chi connectivity index (χ3v) is 2.79.